The second kappa shape index (κ2) is 8.60. The molecule has 0 radical (unpaired) electrons. The van der Waals surface area contributed by atoms with Crippen LogP contribution < -0.4 is 11.0 Å². The zero-order chi connectivity index (χ0) is 16.8. The van der Waals surface area contributed by atoms with Crippen LogP contribution in [0.15, 0.2) is 32.7 Å². The largest absolute Gasteiger partial charge is 0.290 e. The number of hydrogen-bond acceptors (Lipinski definition) is 6. The van der Waals surface area contributed by atoms with E-state index >= 15 is 0 Å². The lowest BCUT2D eigenvalue weighted by Gasteiger charge is -2.16. The highest BCUT2D eigenvalue weighted by molar-refractivity contribution is 9.10. The molecule has 1 aromatic carbocycles. The maximum Gasteiger partial charge on any atom is 0.156 e. The van der Waals surface area contributed by atoms with E-state index in [1.54, 1.807) is 18.8 Å². The predicted octanol–water partition coefficient (Wildman–Crippen LogP) is 2.11. The molecule has 1 aromatic rings. The van der Waals surface area contributed by atoms with Gasteiger partial charge in [0.25, 0.3) is 0 Å². The van der Waals surface area contributed by atoms with Crippen LogP contribution in [0, 0.1) is 5.82 Å². The van der Waals surface area contributed by atoms with Gasteiger partial charge in [0.15, 0.2) is 17.7 Å². The van der Waals surface area contributed by atoms with Gasteiger partial charge < -0.3 is 0 Å². The molecule has 1 aliphatic rings. The Bertz CT molecular complexity index is 616. The van der Waals surface area contributed by atoms with Crippen LogP contribution in [0.4, 0.5) is 10.1 Å². The number of hydroxylamine groups is 4. The minimum Gasteiger partial charge on any atom is -0.290 e. The molecular weight excluding hydrogens is 389 g/mol. The maximum absolute atomic E-state index is 13.3. The van der Waals surface area contributed by atoms with Gasteiger partial charge in [-0.3, -0.25) is 15.7 Å². The number of amidine groups is 2. The monoisotopic (exact) mass is 405 g/mol. The van der Waals surface area contributed by atoms with Crippen molar-refractivity contribution in [1.82, 2.24) is 16.0 Å². The first-order valence-corrected chi connectivity index (χ1v) is 8.88. The third-order valence-corrected chi connectivity index (χ3v) is 4.22. The van der Waals surface area contributed by atoms with Crippen LogP contribution in [0.3, 0.4) is 0 Å². The molecule has 1 aliphatic heterocycles. The highest BCUT2D eigenvalue weighted by atomic mass is 79.9. The van der Waals surface area contributed by atoms with Crippen molar-refractivity contribution in [2.24, 2.45) is 9.98 Å². The molecule has 0 spiro atoms. The third kappa shape index (κ3) is 4.64. The number of rotatable bonds is 5. The molecule has 0 aliphatic carbocycles. The minimum absolute atomic E-state index is 0.207. The average Bonchev–Trinajstić information content (AvgIpc) is 2.90. The molecule has 23 heavy (non-hydrogen) atoms. The van der Waals surface area contributed by atoms with E-state index in [2.05, 4.69) is 36.9 Å². The van der Waals surface area contributed by atoms with Gasteiger partial charge in [0, 0.05) is 12.8 Å². The van der Waals surface area contributed by atoms with Gasteiger partial charge in [0.1, 0.15) is 5.82 Å². The molecule has 0 amide bonds. The number of nitrogens with one attached hydrogen (secondary N) is 2. The fourth-order valence-electron chi connectivity index (χ4n) is 1.92. The van der Waals surface area contributed by atoms with Gasteiger partial charge in [-0.1, -0.05) is 0 Å². The zero-order valence-corrected chi connectivity index (χ0v) is 15.0. The van der Waals surface area contributed by atoms with E-state index in [0.717, 1.165) is 5.75 Å². The number of hydrogen-bond donors (Lipinski definition) is 3. The van der Waals surface area contributed by atoms with Crippen molar-refractivity contribution in [3.05, 3.63) is 28.5 Å². The normalized spacial score (nSPS) is 20.8. The summed E-state index contributed by atoms with van der Waals surface area (Å²) in [5.41, 5.74) is 5.24. The van der Waals surface area contributed by atoms with E-state index in [0.29, 0.717) is 22.5 Å². The van der Waals surface area contributed by atoms with Gasteiger partial charge in [-0.2, -0.15) is 16.7 Å². The van der Waals surface area contributed by atoms with Gasteiger partial charge in [-0.25, -0.2) is 14.9 Å². The predicted molar refractivity (Wildman–Crippen MR) is 92.6 cm³/mol. The highest BCUT2D eigenvalue weighted by Crippen LogP contribution is 2.23. The highest BCUT2D eigenvalue weighted by Gasteiger charge is 2.34. The first-order valence-electron chi connectivity index (χ1n) is 6.69. The summed E-state index contributed by atoms with van der Waals surface area (Å²) in [6.07, 6.45) is 2.00. The van der Waals surface area contributed by atoms with Crippen LogP contribution in [-0.4, -0.2) is 53.6 Å². The molecule has 1 fully saturated rings. The molecule has 0 bridgehead atoms. The smallest absolute Gasteiger partial charge is 0.156 e. The van der Waals surface area contributed by atoms with Crippen LogP contribution in [0.25, 0.3) is 0 Å². The van der Waals surface area contributed by atoms with Gasteiger partial charge >= 0.3 is 0 Å². The van der Waals surface area contributed by atoms with Gasteiger partial charge in [0.2, 0.25) is 0 Å². The van der Waals surface area contributed by atoms with E-state index in [4.69, 9.17) is 4.94 Å². The summed E-state index contributed by atoms with van der Waals surface area (Å²) in [6, 6.07) is 3.79. The van der Waals surface area contributed by atoms with E-state index in [-0.39, 0.29) is 11.7 Å². The summed E-state index contributed by atoms with van der Waals surface area (Å²) in [5, 5.41) is 10.9. The van der Waals surface area contributed by atoms with Crippen LogP contribution in [-0.2, 0) is 4.94 Å². The Morgan fingerprint density at radius 3 is 3.04 bits per heavy atom. The molecule has 0 saturated carbocycles. The topological polar surface area (TPSA) is 81.5 Å². The van der Waals surface area contributed by atoms with Crippen molar-refractivity contribution < 1.29 is 14.5 Å². The van der Waals surface area contributed by atoms with Crippen LogP contribution >= 0.6 is 27.7 Å². The van der Waals surface area contributed by atoms with Crippen LogP contribution in [0.2, 0.25) is 0 Å². The second-order valence-electron chi connectivity index (χ2n) is 4.61. The molecule has 10 heteroatoms. The molecule has 126 valence electrons. The Labute approximate surface area is 146 Å². The van der Waals surface area contributed by atoms with Crippen molar-refractivity contribution >= 4 is 45.1 Å². The standard InChI is InChI=1S/C13H17BrFN5O2S/c1-20-11(12(19-22-20)16-5-6-23-2)13(18-21)17-8-3-4-10(15)9(14)7-8/h3-4,7,11,21H,5-6H2,1-2H3,(H,16,19)(H,17,18). The Morgan fingerprint density at radius 1 is 1.61 bits per heavy atom. The SMILES string of the molecule is CSCCN=C1NON(C)C1C(=Nc1ccc(F)c(Br)c1)NO. The molecule has 2 rings (SSSR count). The van der Waals surface area contributed by atoms with Crippen molar-refractivity contribution in [3.8, 4) is 0 Å². The molecule has 1 atom stereocenters. The Morgan fingerprint density at radius 2 is 2.39 bits per heavy atom. The minimum atomic E-state index is -0.523. The molecule has 1 saturated heterocycles. The lowest BCUT2D eigenvalue weighted by Crippen LogP contribution is -2.44. The average molecular weight is 406 g/mol. The Kier molecular flexibility index (Phi) is 6.78. The summed E-state index contributed by atoms with van der Waals surface area (Å²) in [7, 11) is 1.68. The van der Waals surface area contributed by atoms with Gasteiger partial charge in [-0.05, 0) is 40.4 Å². The molecular formula is C13H17BrFN5O2S. The van der Waals surface area contributed by atoms with E-state index in [9.17, 15) is 9.60 Å². The molecule has 1 heterocycles. The number of halogens is 2. The van der Waals surface area contributed by atoms with Crippen molar-refractivity contribution in [3.63, 3.8) is 0 Å². The number of benzene rings is 1. The first-order chi connectivity index (χ1) is 11.1. The summed E-state index contributed by atoms with van der Waals surface area (Å²) in [6.45, 7) is 0.609. The van der Waals surface area contributed by atoms with E-state index in [1.807, 2.05) is 6.26 Å². The Balaban J connectivity index is 2.27. The fraction of sp³-hybridized carbons (Fsp3) is 0.385. The fourth-order valence-corrected chi connectivity index (χ4v) is 2.56. The first kappa shape index (κ1) is 18.1. The number of thioether (sulfide) groups is 1. The van der Waals surface area contributed by atoms with Crippen LogP contribution in [0.1, 0.15) is 0 Å². The van der Waals surface area contributed by atoms with Crippen molar-refractivity contribution in [2.75, 3.05) is 25.6 Å². The molecule has 7 nitrogen and oxygen atoms in total. The zero-order valence-electron chi connectivity index (χ0n) is 12.6. The lowest BCUT2D eigenvalue weighted by atomic mass is 10.2. The van der Waals surface area contributed by atoms with Crippen molar-refractivity contribution in [1.29, 1.82) is 0 Å². The Hall–Kier alpha value is -1.20. The van der Waals surface area contributed by atoms with E-state index in [1.165, 1.54) is 23.3 Å². The number of aliphatic imine (C=N–C) groups is 2. The van der Waals surface area contributed by atoms with Crippen molar-refractivity contribution in [2.45, 2.75) is 6.04 Å². The van der Waals surface area contributed by atoms with Gasteiger partial charge in [-0.15, -0.1) is 5.06 Å². The lowest BCUT2D eigenvalue weighted by molar-refractivity contribution is -0.144. The van der Waals surface area contributed by atoms with Crippen LogP contribution in [0.5, 0.6) is 0 Å². The second-order valence-corrected chi connectivity index (χ2v) is 6.45. The quantitative estimate of drug-likeness (QED) is 0.301. The molecule has 0 aromatic heterocycles. The summed E-state index contributed by atoms with van der Waals surface area (Å²) in [4.78, 5) is 13.9. The number of nitrogens with zero attached hydrogens (tertiary/aromatic N) is 3. The number of likely N-dealkylation sites (N-methyl/N-ethyl adjacent to an activating group) is 1. The molecule has 1 unspecified atom stereocenters. The summed E-state index contributed by atoms with van der Waals surface area (Å²) < 4.78 is 13.6. The third-order valence-electron chi connectivity index (χ3n) is 3.02. The summed E-state index contributed by atoms with van der Waals surface area (Å²) in [5.74, 6) is 1.22. The molecule has 3 N–H and O–H groups in total. The summed E-state index contributed by atoms with van der Waals surface area (Å²) >= 11 is 4.79. The van der Waals surface area contributed by atoms with E-state index < -0.39 is 6.04 Å². The maximum atomic E-state index is 13.3. The van der Waals surface area contributed by atoms with Gasteiger partial charge in [0.05, 0.1) is 16.7 Å².